The summed E-state index contributed by atoms with van der Waals surface area (Å²) in [6, 6.07) is 18.5. The van der Waals surface area contributed by atoms with Gasteiger partial charge in [0, 0.05) is 22.5 Å². The second kappa shape index (κ2) is 9.22. The number of carbonyl (C=O) groups excluding carboxylic acids is 2. The summed E-state index contributed by atoms with van der Waals surface area (Å²) >= 11 is 0. The Balaban J connectivity index is 1.52. The molecule has 1 N–H and O–H groups in total. The molecule has 0 aliphatic heterocycles. The fourth-order valence-corrected chi connectivity index (χ4v) is 3.78. The van der Waals surface area contributed by atoms with Crippen molar-refractivity contribution in [3.05, 3.63) is 90.1 Å². The molecular weight excluding hydrogens is 456 g/mol. The molecule has 0 atom stereocenters. The number of benzene rings is 2. The number of fused-ring (bicyclic) bond motifs is 2. The summed E-state index contributed by atoms with van der Waals surface area (Å²) < 4.78 is 11.3. The van der Waals surface area contributed by atoms with Crippen molar-refractivity contribution in [1.82, 2.24) is 20.3 Å². The van der Waals surface area contributed by atoms with E-state index in [-0.39, 0.29) is 18.1 Å². The van der Waals surface area contributed by atoms with Gasteiger partial charge in [-0.3, -0.25) is 9.78 Å². The summed E-state index contributed by atoms with van der Waals surface area (Å²) in [6.45, 7) is 5.70. The zero-order valence-corrected chi connectivity index (χ0v) is 20.1. The van der Waals surface area contributed by atoms with Crippen LogP contribution in [0.1, 0.15) is 47.3 Å². The maximum Gasteiger partial charge on any atom is 0.339 e. The highest BCUT2D eigenvalue weighted by molar-refractivity contribution is 6.08. The molecule has 2 aromatic carbocycles. The minimum atomic E-state index is -0.675. The van der Waals surface area contributed by atoms with E-state index in [0.717, 1.165) is 16.6 Å². The van der Waals surface area contributed by atoms with E-state index >= 15 is 0 Å². The van der Waals surface area contributed by atoms with E-state index in [0.29, 0.717) is 22.0 Å². The van der Waals surface area contributed by atoms with Gasteiger partial charge in [0.05, 0.1) is 28.8 Å². The minimum Gasteiger partial charge on any atom is -0.456 e. The predicted molar refractivity (Wildman–Crippen MR) is 135 cm³/mol. The van der Waals surface area contributed by atoms with Crippen LogP contribution >= 0.6 is 0 Å². The number of nitrogens with zero attached hydrogens (tertiary/aromatic N) is 3. The number of oxazole rings is 1. The molecule has 5 rings (SSSR count). The van der Waals surface area contributed by atoms with Crippen molar-refractivity contribution in [2.24, 2.45) is 0 Å². The molecule has 0 aliphatic carbocycles. The van der Waals surface area contributed by atoms with Crippen LogP contribution in [0.2, 0.25) is 0 Å². The number of para-hydroxylation sites is 1. The molecule has 0 fully saturated rings. The second-order valence-electron chi connectivity index (χ2n) is 9.32. The first kappa shape index (κ1) is 23.2. The van der Waals surface area contributed by atoms with Crippen molar-refractivity contribution in [2.45, 2.75) is 32.9 Å². The maximum atomic E-state index is 13.2. The quantitative estimate of drug-likeness (QED) is 0.268. The Hall–Kier alpha value is -4.59. The van der Waals surface area contributed by atoms with Crippen molar-refractivity contribution in [3.8, 4) is 11.5 Å². The average molecular weight is 481 g/mol. The van der Waals surface area contributed by atoms with Gasteiger partial charge in [-0.2, -0.15) is 0 Å². The summed E-state index contributed by atoms with van der Waals surface area (Å²) in [6.07, 6.45) is 2.95. The highest BCUT2D eigenvalue weighted by Gasteiger charge is 2.23. The molecule has 180 valence electrons. The Labute approximate surface area is 207 Å². The third-order valence-electron chi connectivity index (χ3n) is 5.39. The van der Waals surface area contributed by atoms with Crippen LogP contribution in [-0.2, 0) is 11.3 Å². The maximum absolute atomic E-state index is 13.2. The molecule has 0 saturated heterocycles. The first-order chi connectivity index (χ1) is 17.3. The number of hydrogen-bond donors (Lipinski definition) is 1. The van der Waals surface area contributed by atoms with Crippen LogP contribution < -0.4 is 5.32 Å². The third-order valence-corrected chi connectivity index (χ3v) is 5.39. The summed E-state index contributed by atoms with van der Waals surface area (Å²) in [5.41, 5.74) is 2.40. The molecular formula is C28H24N4O4. The SMILES string of the molecule is CC(C)(C)OC(=O)c1cc(-c2nc(C(=O)NCc3ccccn3)co2)cc2nc3ccccc3cc12. The number of pyridine rings is 2. The lowest BCUT2D eigenvalue weighted by Gasteiger charge is -2.20. The van der Waals surface area contributed by atoms with E-state index in [1.807, 2.05) is 69.3 Å². The van der Waals surface area contributed by atoms with Crippen molar-refractivity contribution in [1.29, 1.82) is 0 Å². The van der Waals surface area contributed by atoms with Crippen molar-refractivity contribution < 1.29 is 18.7 Å². The number of nitrogens with one attached hydrogen (secondary N) is 1. The Morgan fingerprint density at radius 2 is 1.78 bits per heavy atom. The summed E-state index contributed by atoms with van der Waals surface area (Å²) in [4.78, 5) is 39.1. The van der Waals surface area contributed by atoms with Gasteiger partial charge in [0.25, 0.3) is 5.91 Å². The van der Waals surface area contributed by atoms with Gasteiger partial charge in [-0.25, -0.2) is 14.8 Å². The number of carbonyl (C=O) groups is 2. The molecule has 0 saturated carbocycles. The Morgan fingerprint density at radius 1 is 0.972 bits per heavy atom. The lowest BCUT2D eigenvalue weighted by Crippen LogP contribution is -2.24. The van der Waals surface area contributed by atoms with Crippen LogP contribution in [0.25, 0.3) is 33.3 Å². The van der Waals surface area contributed by atoms with Gasteiger partial charge in [0.1, 0.15) is 11.9 Å². The van der Waals surface area contributed by atoms with Crippen LogP contribution in [-0.4, -0.2) is 32.4 Å². The number of rotatable bonds is 5. The molecule has 8 heteroatoms. The Morgan fingerprint density at radius 3 is 2.56 bits per heavy atom. The van der Waals surface area contributed by atoms with Gasteiger partial charge in [-0.15, -0.1) is 0 Å². The van der Waals surface area contributed by atoms with Gasteiger partial charge in [-0.1, -0.05) is 24.3 Å². The zero-order chi connectivity index (χ0) is 25.3. The van der Waals surface area contributed by atoms with Gasteiger partial charge < -0.3 is 14.5 Å². The van der Waals surface area contributed by atoms with Gasteiger partial charge >= 0.3 is 5.97 Å². The Kier molecular flexibility index (Phi) is 5.93. The molecule has 3 heterocycles. The van der Waals surface area contributed by atoms with Crippen LogP contribution in [0, 0.1) is 0 Å². The summed E-state index contributed by atoms with van der Waals surface area (Å²) in [7, 11) is 0. The highest BCUT2D eigenvalue weighted by Crippen LogP contribution is 2.30. The van der Waals surface area contributed by atoms with E-state index < -0.39 is 17.5 Å². The molecule has 0 unspecified atom stereocenters. The van der Waals surface area contributed by atoms with Crippen LogP contribution in [0.5, 0.6) is 0 Å². The first-order valence-corrected chi connectivity index (χ1v) is 11.5. The van der Waals surface area contributed by atoms with Crippen molar-refractivity contribution in [3.63, 3.8) is 0 Å². The number of hydrogen-bond acceptors (Lipinski definition) is 7. The number of esters is 1. The number of ether oxygens (including phenoxy) is 1. The van der Waals surface area contributed by atoms with Crippen LogP contribution in [0.4, 0.5) is 0 Å². The summed E-state index contributed by atoms with van der Waals surface area (Å²) in [5.74, 6) is -0.682. The molecule has 8 nitrogen and oxygen atoms in total. The third kappa shape index (κ3) is 4.93. The molecule has 0 bridgehead atoms. The molecule has 1 amide bonds. The van der Waals surface area contributed by atoms with Gasteiger partial charge in [0.15, 0.2) is 5.69 Å². The fourth-order valence-electron chi connectivity index (χ4n) is 3.78. The molecule has 5 aromatic rings. The minimum absolute atomic E-state index is 0.117. The van der Waals surface area contributed by atoms with E-state index in [1.165, 1.54) is 6.26 Å². The lowest BCUT2D eigenvalue weighted by atomic mass is 10.0. The molecule has 3 aromatic heterocycles. The van der Waals surface area contributed by atoms with E-state index in [9.17, 15) is 9.59 Å². The van der Waals surface area contributed by atoms with Crippen LogP contribution in [0.15, 0.2) is 77.5 Å². The smallest absolute Gasteiger partial charge is 0.339 e. The number of aromatic nitrogens is 3. The number of amides is 1. The van der Waals surface area contributed by atoms with E-state index in [4.69, 9.17) is 14.1 Å². The molecule has 0 aliphatic rings. The van der Waals surface area contributed by atoms with Crippen molar-refractivity contribution >= 4 is 33.7 Å². The average Bonchev–Trinajstić information content (AvgIpc) is 3.35. The molecule has 0 radical (unpaired) electrons. The van der Waals surface area contributed by atoms with Gasteiger partial charge in [-0.05, 0) is 57.2 Å². The summed E-state index contributed by atoms with van der Waals surface area (Å²) in [5, 5.41) is 4.34. The van der Waals surface area contributed by atoms with E-state index in [1.54, 1.807) is 18.3 Å². The predicted octanol–water partition coefficient (Wildman–Crippen LogP) is 5.32. The zero-order valence-electron chi connectivity index (χ0n) is 20.1. The standard InChI is InChI=1S/C28H24N4O4/c1-28(2,3)36-27(34)21-13-18(14-23-20(21)12-17-8-4-5-10-22(17)31-23)26-32-24(16-35-26)25(33)30-15-19-9-6-7-11-29-19/h4-14,16H,15H2,1-3H3,(H,30,33). The largest absolute Gasteiger partial charge is 0.456 e. The fraction of sp³-hybridized carbons (Fsp3) is 0.179. The van der Waals surface area contributed by atoms with Gasteiger partial charge in [0.2, 0.25) is 5.89 Å². The second-order valence-corrected chi connectivity index (χ2v) is 9.32. The Bertz CT molecular complexity index is 1590. The van der Waals surface area contributed by atoms with Crippen LogP contribution in [0.3, 0.4) is 0 Å². The molecule has 36 heavy (non-hydrogen) atoms. The monoisotopic (exact) mass is 480 g/mol. The first-order valence-electron chi connectivity index (χ1n) is 11.5. The van der Waals surface area contributed by atoms with Crippen molar-refractivity contribution in [2.75, 3.05) is 0 Å². The lowest BCUT2D eigenvalue weighted by molar-refractivity contribution is 0.00717. The topological polar surface area (TPSA) is 107 Å². The van der Waals surface area contributed by atoms with E-state index in [2.05, 4.69) is 15.3 Å². The molecule has 0 spiro atoms. The highest BCUT2D eigenvalue weighted by atomic mass is 16.6. The normalized spacial score (nSPS) is 11.5.